The fraction of sp³-hybridized carbons (Fsp3) is 0. The molecule has 1 nitrogen and oxygen atoms in total. The highest BCUT2D eigenvalue weighted by Crippen LogP contribution is 2.35. The highest BCUT2D eigenvalue weighted by Gasteiger charge is 2.13. The summed E-state index contributed by atoms with van der Waals surface area (Å²) in [7, 11) is 0. The number of halogens is 3. The maximum absolute atomic E-state index is 13.0. The van der Waals surface area contributed by atoms with E-state index in [4.69, 9.17) is 23.2 Å². The van der Waals surface area contributed by atoms with Crippen LogP contribution >= 0.6 is 34.5 Å². The molecule has 0 aliphatic rings. The molecule has 0 N–H and O–H groups in total. The molecule has 0 saturated carbocycles. The Kier molecular flexibility index (Phi) is 4.03. The van der Waals surface area contributed by atoms with Crippen LogP contribution in [-0.2, 0) is 0 Å². The van der Waals surface area contributed by atoms with Gasteiger partial charge in [-0.05, 0) is 29.6 Å². The first kappa shape index (κ1) is 13.1. The molecule has 5 heteroatoms. The molecule has 0 atom stereocenters. The summed E-state index contributed by atoms with van der Waals surface area (Å²) in [6, 6.07) is 9.56. The first-order chi connectivity index (χ1) is 8.63. The maximum atomic E-state index is 13.0. The van der Waals surface area contributed by atoms with Crippen LogP contribution in [0.25, 0.3) is 10.6 Å². The molecule has 0 saturated heterocycles. The second kappa shape index (κ2) is 5.53. The number of nitrogens with zero attached hydrogens (tertiary/aromatic N) is 1. The zero-order valence-corrected chi connectivity index (χ0v) is 11.3. The van der Waals surface area contributed by atoms with E-state index >= 15 is 0 Å². The smallest absolute Gasteiger partial charge is 0.124 e. The number of allylic oxidation sites excluding steroid dienone is 1. The highest BCUT2D eigenvalue weighted by atomic mass is 35.5. The predicted molar refractivity (Wildman–Crippen MR) is 74.0 cm³/mol. The molecular weight excluding hydrogens is 292 g/mol. The summed E-state index contributed by atoms with van der Waals surface area (Å²) < 4.78 is 13.0. The Bertz CT molecular complexity index is 642. The van der Waals surface area contributed by atoms with Gasteiger partial charge >= 0.3 is 0 Å². The van der Waals surface area contributed by atoms with Crippen LogP contribution in [0.2, 0.25) is 5.02 Å². The Morgan fingerprint density at radius 1 is 1.33 bits per heavy atom. The van der Waals surface area contributed by atoms with E-state index in [0.717, 1.165) is 4.88 Å². The zero-order valence-electron chi connectivity index (χ0n) is 8.95. The van der Waals surface area contributed by atoms with Crippen LogP contribution in [0, 0.1) is 17.1 Å². The number of benzene rings is 1. The highest BCUT2D eigenvalue weighted by molar-refractivity contribution is 7.11. The summed E-state index contributed by atoms with van der Waals surface area (Å²) in [5.74, 6) is -0.442. The minimum atomic E-state index is -0.442. The number of nitriles is 1. The quantitative estimate of drug-likeness (QED) is 0.701. The number of hydrogen-bond donors (Lipinski definition) is 0. The van der Waals surface area contributed by atoms with Crippen LogP contribution in [0.3, 0.4) is 0 Å². The van der Waals surface area contributed by atoms with E-state index in [9.17, 15) is 9.65 Å². The Balaban J connectivity index is 2.58. The summed E-state index contributed by atoms with van der Waals surface area (Å²) in [5.41, 5.74) is 0.782. The molecule has 1 aromatic heterocycles. The van der Waals surface area contributed by atoms with Crippen molar-refractivity contribution in [3.63, 3.8) is 0 Å². The van der Waals surface area contributed by atoms with Crippen molar-refractivity contribution in [2.75, 3.05) is 0 Å². The lowest BCUT2D eigenvalue weighted by Gasteiger charge is -2.05. The van der Waals surface area contributed by atoms with Crippen molar-refractivity contribution in [3.8, 4) is 6.07 Å². The Morgan fingerprint density at radius 2 is 2.11 bits per heavy atom. The topological polar surface area (TPSA) is 23.8 Å². The van der Waals surface area contributed by atoms with Crippen LogP contribution in [-0.4, -0.2) is 0 Å². The van der Waals surface area contributed by atoms with Crippen LogP contribution in [0.1, 0.15) is 10.4 Å². The van der Waals surface area contributed by atoms with Gasteiger partial charge in [0.1, 0.15) is 11.9 Å². The van der Waals surface area contributed by atoms with Gasteiger partial charge in [0, 0.05) is 10.4 Å². The third kappa shape index (κ3) is 2.56. The molecule has 1 heterocycles. The number of thiophene rings is 1. The maximum Gasteiger partial charge on any atom is 0.124 e. The largest absolute Gasteiger partial charge is 0.207 e. The van der Waals surface area contributed by atoms with Crippen LogP contribution in [0.4, 0.5) is 4.39 Å². The van der Waals surface area contributed by atoms with E-state index in [2.05, 4.69) is 6.07 Å². The molecule has 0 bridgehead atoms. The molecule has 0 spiro atoms. The normalized spacial score (nSPS) is 11.9. The van der Waals surface area contributed by atoms with Gasteiger partial charge in [0.05, 0.1) is 15.6 Å². The third-order valence-corrected chi connectivity index (χ3v) is 3.86. The first-order valence-electron chi connectivity index (χ1n) is 4.92. The van der Waals surface area contributed by atoms with E-state index in [1.807, 2.05) is 11.4 Å². The van der Waals surface area contributed by atoms with E-state index in [-0.39, 0.29) is 10.1 Å². The fourth-order valence-corrected chi connectivity index (χ4v) is 2.84. The molecule has 0 fully saturated rings. The number of rotatable bonds is 2. The summed E-state index contributed by atoms with van der Waals surface area (Å²) in [6.07, 6.45) is 0. The molecule has 0 unspecified atom stereocenters. The van der Waals surface area contributed by atoms with E-state index in [1.54, 1.807) is 6.07 Å². The second-order valence-electron chi connectivity index (χ2n) is 3.40. The van der Waals surface area contributed by atoms with E-state index in [1.165, 1.54) is 29.5 Å². The molecule has 0 aliphatic heterocycles. The number of hydrogen-bond acceptors (Lipinski definition) is 2. The van der Waals surface area contributed by atoms with Crippen molar-refractivity contribution < 1.29 is 4.39 Å². The standard InChI is InChI=1S/C13H6Cl2FNS/c14-11-6-8(16)3-4-9(11)13(15)10(7-17)12-2-1-5-18-12/h1-6H/b13-10-. The van der Waals surface area contributed by atoms with Crippen LogP contribution < -0.4 is 0 Å². The zero-order chi connectivity index (χ0) is 13.1. The third-order valence-electron chi connectivity index (χ3n) is 2.27. The van der Waals surface area contributed by atoms with Gasteiger partial charge in [0.25, 0.3) is 0 Å². The SMILES string of the molecule is N#C/C(=C(/Cl)c1ccc(F)cc1Cl)c1cccs1. The van der Waals surface area contributed by atoms with Crippen molar-refractivity contribution in [2.45, 2.75) is 0 Å². The van der Waals surface area contributed by atoms with Gasteiger partial charge in [-0.25, -0.2) is 4.39 Å². The fourth-order valence-electron chi connectivity index (χ4n) is 1.44. The van der Waals surface area contributed by atoms with Gasteiger partial charge in [-0.3, -0.25) is 0 Å². The minimum absolute atomic E-state index is 0.185. The minimum Gasteiger partial charge on any atom is -0.207 e. The Morgan fingerprint density at radius 3 is 2.67 bits per heavy atom. The molecule has 18 heavy (non-hydrogen) atoms. The monoisotopic (exact) mass is 297 g/mol. The predicted octanol–water partition coefficient (Wildman–Crippen LogP) is 5.17. The van der Waals surface area contributed by atoms with Gasteiger partial charge in [0.2, 0.25) is 0 Å². The molecule has 2 rings (SSSR count). The molecule has 0 aliphatic carbocycles. The molecule has 0 amide bonds. The van der Waals surface area contributed by atoms with Gasteiger partial charge in [-0.15, -0.1) is 11.3 Å². The van der Waals surface area contributed by atoms with Crippen LogP contribution in [0.15, 0.2) is 35.7 Å². The summed E-state index contributed by atoms with van der Waals surface area (Å²) in [4.78, 5) is 0.753. The van der Waals surface area contributed by atoms with Crippen molar-refractivity contribution >= 4 is 45.1 Å². The van der Waals surface area contributed by atoms with E-state index in [0.29, 0.717) is 11.1 Å². The average molecular weight is 298 g/mol. The lowest BCUT2D eigenvalue weighted by Crippen LogP contribution is -1.86. The van der Waals surface area contributed by atoms with Crippen molar-refractivity contribution in [1.82, 2.24) is 0 Å². The summed E-state index contributed by atoms with van der Waals surface area (Å²) in [5, 5.41) is 11.4. The lowest BCUT2D eigenvalue weighted by atomic mass is 10.1. The molecule has 2 aromatic rings. The first-order valence-corrected chi connectivity index (χ1v) is 6.56. The lowest BCUT2D eigenvalue weighted by molar-refractivity contribution is 0.628. The Labute approximate surface area is 118 Å². The van der Waals surface area contributed by atoms with Crippen molar-refractivity contribution in [2.24, 2.45) is 0 Å². The summed E-state index contributed by atoms with van der Waals surface area (Å²) >= 11 is 13.5. The van der Waals surface area contributed by atoms with Gasteiger partial charge < -0.3 is 0 Å². The van der Waals surface area contributed by atoms with Crippen LogP contribution in [0.5, 0.6) is 0 Å². The summed E-state index contributed by atoms with van der Waals surface area (Å²) in [6.45, 7) is 0. The van der Waals surface area contributed by atoms with Gasteiger partial charge in [0.15, 0.2) is 0 Å². The van der Waals surface area contributed by atoms with Crippen molar-refractivity contribution in [3.05, 3.63) is 57.0 Å². The van der Waals surface area contributed by atoms with Gasteiger partial charge in [-0.1, -0.05) is 29.3 Å². The average Bonchev–Trinajstić information content (AvgIpc) is 2.83. The Hall–Kier alpha value is -1.34. The van der Waals surface area contributed by atoms with Gasteiger partial charge in [-0.2, -0.15) is 5.26 Å². The molecule has 90 valence electrons. The second-order valence-corrected chi connectivity index (χ2v) is 5.14. The van der Waals surface area contributed by atoms with E-state index < -0.39 is 5.82 Å². The van der Waals surface area contributed by atoms with Crippen molar-refractivity contribution in [1.29, 1.82) is 5.26 Å². The molecule has 1 aromatic carbocycles. The molecule has 0 radical (unpaired) electrons. The molecular formula is C13H6Cl2FNS.